The van der Waals surface area contributed by atoms with Gasteiger partial charge in [-0.1, -0.05) is 18.9 Å². The number of hydrogen-bond donors (Lipinski definition) is 2. The molecule has 2 N–H and O–H groups in total. The summed E-state index contributed by atoms with van der Waals surface area (Å²) in [5.74, 6) is -3.02. The number of aromatic nitrogens is 1. The van der Waals surface area contributed by atoms with Gasteiger partial charge in [0, 0.05) is 24.4 Å². The van der Waals surface area contributed by atoms with E-state index in [1.807, 2.05) is 0 Å². The molecule has 2 heterocycles. The number of methoxy groups -OCH3 is 1. The van der Waals surface area contributed by atoms with Gasteiger partial charge in [-0.3, -0.25) is 14.4 Å². The SMILES string of the molecule is COc1c2n(cc(C(=O)NCc3ccc(F)cc3F)c1=O)C[C@@]1(O)CCCC[C@@]1(C)C2=O. The fourth-order valence-electron chi connectivity index (χ4n) is 4.81. The van der Waals surface area contributed by atoms with Crippen LogP contribution in [0.3, 0.4) is 0 Å². The number of amides is 1. The van der Waals surface area contributed by atoms with E-state index in [1.165, 1.54) is 23.9 Å². The van der Waals surface area contributed by atoms with Crippen molar-refractivity contribution in [3.8, 4) is 5.75 Å². The molecule has 0 unspecified atom stereocenters. The lowest BCUT2D eigenvalue weighted by Crippen LogP contribution is -2.60. The summed E-state index contributed by atoms with van der Waals surface area (Å²) in [5.41, 5.74) is -3.34. The van der Waals surface area contributed by atoms with Crippen molar-refractivity contribution in [3.05, 3.63) is 63.1 Å². The first-order valence-electron chi connectivity index (χ1n) is 10.4. The summed E-state index contributed by atoms with van der Waals surface area (Å²) in [4.78, 5) is 39.1. The summed E-state index contributed by atoms with van der Waals surface area (Å²) in [7, 11) is 1.24. The van der Waals surface area contributed by atoms with Crippen molar-refractivity contribution in [3.63, 3.8) is 0 Å². The van der Waals surface area contributed by atoms with Crippen LogP contribution < -0.4 is 15.5 Å². The molecule has 7 nitrogen and oxygen atoms in total. The monoisotopic (exact) mass is 446 g/mol. The van der Waals surface area contributed by atoms with Crippen molar-refractivity contribution in [1.29, 1.82) is 0 Å². The first-order valence-corrected chi connectivity index (χ1v) is 10.4. The van der Waals surface area contributed by atoms with Crippen LogP contribution in [0.15, 0.2) is 29.2 Å². The van der Waals surface area contributed by atoms with Gasteiger partial charge in [-0.15, -0.1) is 0 Å². The third kappa shape index (κ3) is 3.31. The molecular formula is C23H24F2N2O5. The Morgan fingerprint density at radius 1 is 1.25 bits per heavy atom. The minimum atomic E-state index is -1.31. The predicted molar refractivity (Wildman–Crippen MR) is 111 cm³/mol. The molecule has 32 heavy (non-hydrogen) atoms. The molecule has 0 bridgehead atoms. The van der Waals surface area contributed by atoms with Crippen LogP contribution in [0.1, 0.15) is 59.0 Å². The van der Waals surface area contributed by atoms with Crippen molar-refractivity contribution >= 4 is 11.7 Å². The van der Waals surface area contributed by atoms with E-state index < -0.39 is 34.0 Å². The van der Waals surface area contributed by atoms with Gasteiger partial charge in [0.15, 0.2) is 11.5 Å². The summed E-state index contributed by atoms with van der Waals surface area (Å²) < 4.78 is 33.6. The second-order valence-electron chi connectivity index (χ2n) is 8.70. The van der Waals surface area contributed by atoms with E-state index in [-0.39, 0.29) is 41.4 Å². The summed E-state index contributed by atoms with van der Waals surface area (Å²) >= 11 is 0. The summed E-state index contributed by atoms with van der Waals surface area (Å²) in [6, 6.07) is 2.96. The minimum Gasteiger partial charge on any atom is -0.491 e. The van der Waals surface area contributed by atoms with E-state index >= 15 is 0 Å². The zero-order valence-electron chi connectivity index (χ0n) is 17.8. The highest BCUT2D eigenvalue weighted by Crippen LogP contribution is 2.50. The van der Waals surface area contributed by atoms with E-state index in [9.17, 15) is 28.3 Å². The topological polar surface area (TPSA) is 97.6 Å². The number of aliphatic hydroxyl groups is 1. The highest BCUT2D eigenvalue weighted by atomic mass is 19.1. The Morgan fingerprint density at radius 3 is 2.66 bits per heavy atom. The number of nitrogens with one attached hydrogen (secondary N) is 1. The largest absolute Gasteiger partial charge is 0.491 e. The first kappa shape index (κ1) is 22.1. The molecule has 2 atom stereocenters. The molecule has 2 aliphatic rings. The van der Waals surface area contributed by atoms with Crippen molar-refractivity contribution in [2.75, 3.05) is 7.11 Å². The van der Waals surface area contributed by atoms with E-state index in [2.05, 4.69) is 5.32 Å². The first-order chi connectivity index (χ1) is 15.1. The minimum absolute atomic E-state index is 0.0349. The van der Waals surface area contributed by atoms with E-state index in [1.54, 1.807) is 6.92 Å². The zero-order valence-corrected chi connectivity index (χ0v) is 17.8. The average Bonchev–Trinajstić information content (AvgIpc) is 2.74. The van der Waals surface area contributed by atoms with Crippen LogP contribution in [0.2, 0.25) is 0 Å². The Kier molecular flexibility index (Phi) is 5.40. The second kappa shape index (κ2) is 7.81. The molecule has 1 aromatic heterocycles. The summed E-state index contributed by atoms with van der Waals surface area (Å²) in [6.07, 6.45) is 3.71. The van der Waals surface area contributed by atoms with Gasteiger partial charge in [-0.2, -0.15) is 0 Å². The van der Waals surface area contributed by atoms with Crippen LogP contribution in [0.5, 0.6) is 5.75 Å². The molecule has 170 valence electrons. The number of carbonyl (C=O) groups excluding carboxylic acids is 2. The number of halogens is 2. The number of carbonyl (C=O) groups is 2. The van der Waals surface area contributed by atoms with Gasteiger partial charge in [0.2, 0.25) is 5.43 Å². The number of pyridine rings is 1. The zero-order chi connectivity index (χ0) is 23.3. The Hall–Kier alpha value is -3.07. The number of Topliss-reactive ketones (excluding diaryl/α,β-unsaturated/α-hetero) is 1. The van der Waals surface area contributed by atoms with Crippen LogP contribution in [0, 0.1) is 17.0 Å². The fourth-order valence-corrected chi connectivity index (χ4v) is 4.81. The van der Waals surface area contributed by atoms with Gasteiger partial charge in [0.05, 0.1) is 24.7 Å². The maximum Gasteiger partial charge on any atom is 0.257 e. The molecule has 1 aliphatic heterocycles. The lowest BCUT2D eigenvalue weighted by molar-refractivity contribution is -0.104. The van der Waals surface area contributed by atoms with Gasteiger partial charge in [-0.05, 0) is 25.8 Å². The van der Waals surface area contributed by atoms with Crippen LogP contribution >= 0.6 is 0 Å². The molecule has 1 aliphatic carbocycles. The number of fused-ring (bicyclic) bond motifs is 2. The maximum absolute atomic E-state index is 13.9. The Balaban J connectivity index is 1.71. The van der Waals surface area contributed by atoms with E-state index in [0.717, 1.165) is 18.9 Å². The molecule has 1 saturated carbocycles. The molecule has 1 aromatic carbocycles. The number of rotatable bonds is 4. The highest BCUT2D eigenvalue weighted by molar-refractivity contribution is 6.04. The Labute approximate surface area is 183 Å². The molecule has 1 amide bonds. The van der Waals surface area contributed by atoms with Crippen molar-refractivity contribution in [1.82, 2.24) is 9.88 Å². The number of ether oxygens (including phenoxy) is 1. The molecule has 0 saturated heterocycles. The maximum atomic E-state index is 13.9. The van der Waals surface area contributed by atoms with Crippen molar-refractivity contribution in [2.24, 2.45) is 5.41 Å². The molecule has 0 spiro atoms. The third-order valence-electron chi connectivity index (χ3n) is 6.83. The van der Waals surface area contributed by atoms with E-state index in [4.69, 9.17) is 4.74 Å². The van der Waals surface area contributed by atoms with Gasteiger partial charge in [0.1, 0.15) is 22.9 Å². The Morgan fingerprint density at radius 2 is 1.97 bits per heavy atom. The molecule has 9 heteroatoms. The smallest absolute Gasteiger partial charge is 0.257 e. The Bertz CT molecular complexity index is 1180. The van der Waals surface area contributed by atoms with Crippen LogP contribution in [-0.2, 0) is 13.1 Å². The molecular weight excluding hydrogens is 422 g/mol. The third-order valence-corrected chi connectivity index (χ3v) is 6.83. The van der Waals surface area contributed by atoms with Gasteiger partial charge >= 0.3 is 0 Å². The molecule has 0 radical (unpaired) electrons. The van der Waals surface area contributed by atoms with E-state index in [0.29, 0.717) is 18.9 Å². The number of benzene rings is 1. The van der Waals surface area contributed by atoms with Gasteiger partial charge in [0.25, 0.3) is 5.91 Å². The van der Waals surface area contributed by atoms with Crippen molar-refractivity contribution < 1.29 is 28.2 Å². The number of nitrogens with zero attached hydrogens (tertiary/aromatic N) is 1. The van der Waals surface area contributed by atoms with Gasteiger partial charge in [-0.25, -0.2) is 8.78 Å². The average molecular weight is 446 g/mol. The summed E-state index contributed by atoms with van der Waals surface area (Å²) in [5, 5.41) is 13.7. The lowest BCUT2D eigenvalue weighted by Gasteiger charge is -2.51. The second-order valence-corrected chi connectivity index (χ2v) is 8.70. The van der Waals surface area contributed by atoms with Gasteiger partial charge < -0.3 is 19.7 Å². The van der Waals surface area contributed by atoms with Crippen LogP contribution in [0.25, 0.3) is 0 Å². The quantitative estimate of drug-likeness (QED) is 0.753. The number of hydrogen-bond acceptors (Lipinski definition) is 5. The fraction of sp³-hybridized carbons (Fsp3) is 0.435. The predicted octanol–water partition coefficient (Wildman–Crippen LogP) is 2.57. The molecule has 2 aromatic rings. The van der Waals surface area contributed by atoms with Crippen LogP contribution in [-0.4, -0.2) is 34.1 Å². The molecule has 1 fully saturated rings. The van der Waals surface area contributed by atoms with Crippen LogP contribution in [0.4, 0.5) is 8.78 Å². The normalized spacial score (nSPS) is 24.5. The standard InChI is InChI=1S/C23H24F2N2O5/c1-22-7-3-4-8-23(22,31)12-27-11-15(18(28)19(32-2)17(27)20(22)29)21(30)26-10-13-5-6-14(24)9-16(13)25/h5-6,9,11,31H,3-4,7-8,10,12H2,1-2H3,(H,26,30)/t22-,23-/m0/s1. The number of ketones is 1. The molecule has 4 rings (SSSR count). The summed E-state index contributed by atoms with van der Waals surface area (Å²) in [6.45, 7) is 1.48. The van der Waals surface area contributed by atoms with Crippen molar-refractivity contribution in [2.45, 2.75) is 51.3 Å². The lowest BCUT2D eigenvalue weighted by atomic mass is 9.59. The highest BCUT2D eigenvalue weighted by Gasteiger charge is 2.57.